The van der Waals surface area contributed by atoms with E-state index in [0.717, 1.165) is 50.7 Å². The van der Waals surface area contributed by atoms with Crippen molar-refractivity contribution in [2.75, 3.05) is 13.1 Å². The van der Waals surface area contributed by atoms with Gasteiger partial charge in [-0.2, -0.15) is 0 Å². The van der Waals surface area contributed by atoms with E-state index in [1.165, 1.54) is 12.8 Å². The molecule has 6 heteroatoms. The number of nitrogens with zero attached hydrogens (tertiary/aromatic N) is 4. The Labute approximate surface area is 134 Å². The van der Waals surface area contributed by atoms with Crippen molar-refractivity contribution in [3.05, 3.63) is 12.2 Å². The molecule has 1 aromatic heterocycles. The van der Waals surface area contributed by atoms with Gasteiger partial charge in [-0.05, 0) is 19.8 Å². The lowest BCUT2D eigenvalue weighted by molar-refractivity contribution is 0.597. The second-order valence-corrected chi connectivity index (χ2v) is 5.61. The van der Waals surface area contributed by atoms with Gasteiger partial charge >= 0.3 is 0 Å². The molecule has 0 aliphatic carbocycles. The Bertz CT molecular complexity index is 426. The largest absolute Gasteiger partial charge is 0.355 e. The van der Waals surface area contributed by atoms with E-state index < -0.39 is 0 Å². The maximum absolute atomic E-state index is 4.66. The Morgan fingerprint density at radius 3 is 2.82 bits per heavy atom. The number of hydrogen-bond acceptors (Lipinski definition) is 3. The van der Waals surface area contributed by atoms with Gasteiger partial charge in [0, 0.05) is 32.1 Å². The highest BCUT2D eigenvalue weighted by atomic mass is 15.3. The molecule has 0 aromatic carbocycles. The van der Waals surface area contributed by atoms with Crippen molar-refractivity contribution in [1.82, 2.24) is 25.4 Å². The zero-order valence-corrected chi connectivity index (χ0v) is 14.6. The second-order valence-electron chi connectivity index (χ2n) is 5.61. The summed E-state index contributed by atoms with van der Waals surface area (Å²) in [5.74, 6) is 1.94. The Balaban J connectivity index is 2.45. The molecule has 1 rings (SSSR count). The molecule has 126 valence electrons. The summed E-state index contributed by atoms with van der Waals surface area (Å²) in [6.07, 6.45) is 7.39. The van der Waals surface area contributed by atoms with E-state index in [1.807, 2.05) is 0 Å². The van der Waals surface area contributed by atoms with Crippen LogP contribution in [0.5, 0.6) is 0 Å². The van der Waals surface area contributed by atoms with E-state index in [0.29, 0.717) is 6.04 Å². The zero-order chi connectivity index (χ0) is 16.2. The van der Waals surface area contributed by atoms with Gasteiger partial charge in [0.25, 0.3) is 0 Å². The van der Waals surface area contributed by atoms with Crippen LogP contribution in [0.1, 0.15) is 59.2 Å². The first-order valence-electron chi connectivity index (χ1n) is 8.62. The summed E-state index contributed by atoms with van der Waals surface area (Å²) >= 11 is 0. The molecule has 0 aliphatic rings. The Morgan fingerprint density at radius 1 is 1.32 bits per heavy atom. The van der Waals surface area contributed by atoms with Crippen molar-refractivity contribution < 1.29 is 0 Å². The molecule has 1 aromatic rings. The molecule has 0 bridgehead atoms. The minimum absolute atomic E-state index is 0.429. The van der Waals surface area contributed by atoms with Crippen LogP contribution in [0.3, 0.4) is 0 Å². The van der Waals surface area contributed by atoms with Crippen LogP contribution in [0.15, 0.2) is 11.3 Å². The molecule has 1 heterocycles. The van der Waals surface area contributed by atoms with Gasteiger partial charge in [0.15, 0.2) is 5.96 Å². The zero-order valence-electron chi connectivity index (χ0n) is 14.6. The molecule has 1 atom stereocenters. The lowest BCUT2D eigenvalue weighted by Crippen LogP contribution is -2.43. The van der Waals surface area contributed by atoms with Gasteiger partial charge in [0.05, 0.1) is 0 Å². The first-order valence-corrected chi connectivity index (χ1v) is 8.62. The summed E-state index contributed by atoms with van der Waals surface area (Å²) in [4.78, 5) is 4.66. The third-order valence-corrected chi connectivity index (χ3v) is 3.68. The van der Waals surface area contributed by atoms with Crippen molar-refractivity contribution in [3.8, 4) is 0 Å². The third-order valence-electron chi connectivity index (χ3n) is 3.68. The van der Waals surface area contributed by atoms with E-state index in [-0.39, 0.29) is 0 Å². The van der Waals surface area contributed by atoms with Crippen LogP contribution in [0.2, 0.25) is 0 Å². The smallest absolute Gasteiger partial charge is 0.191 e. The Kier molecular flexibility index (Phi) is 9.26. The van der Waals surface area contributed by atoms with Gasteiger partial charge in [-0.15, -0.1) is 10.2 Å². The molecule has 0 radical (unpaired) electrons. The van der Waals surface area contributed by atoms with Crippen LogP contribution in [0.25, 0.3) is 0 Å². The van der Waals surface area contributed by atoms with Gasteiger partial charge < -0.3 is 15.2 Å². The minimum atomic E-state index is 0.429. The van der Waals surface area contributed by atoms with Crippen LogP contribution in [0, 0.1) is 0 Å². The maximum atomic E-state index is 4.66. The predicted molar refractivity (Wildman–Crippen MR) is 92.1 cm³/mol. The van der Waals surface area contributed by atoms with Crippen molar-refractivity contribution in [1.29, 1.82) is 0 Å². The lowest BCUT2D eigenvalue weighted by atomic mass is 10.2. The predicted octanol–water partition coefficient (Wildman–Crippen LogP) is 2.36. The highest BCUT2D eigenvalue weighted by Gasteiger charge is 2.05. The number of nitrogens with one attached hydrogen (secondary N) is 2. The molecule has 0 fully saturated rings. The van der Waals surface area contributed by atoms with Crippen molar-refractivity contribution in [2.45, 2.75) is 72.4 Å². The van der Waals surface area contributed by atoms with Crippen LogP contribution in [0.4, 0.5) is 0 Å². The fourth-order valence-corrected chi connectivity index (χ4v) is 2.07. The first-order chi connectivity index (χ1) is 10.7. The molecule has 0 saturated carbocycles. The fraction of sp³-hybridized carbons (Fsp3) is 0.812. The maximum Gasteiger partial charge on any atom is 0.191 e. The summed E-state index contributed by atoms with van der Waals surface area (Å²) in [7, 11) is 0. The third kappa shape index (κ3) is 6.91. The standard InChI is InChI=1S/C16H32N6/c1-5-8-9-10-17-16(20-14(4)6-2)18-11-12-22-13-19-21-15(22)7-3/h13-14H,5-12H2,1-4H3,(H2,17,18,20). The highest BCUT2D eigenvalue weighted by Crippen LogP contribution is 1.96. The molecule has 0 aliphatic heterocycles. The molecule has 0 spiro atoms. The van der Waals surface area contributed by atoms with Gasteiger partial charge in [-0.1, -0.05) is 33.6 Å². The van der Waals surface area contributed by atoms with Crippen LogP contribution < -0.4 is 10.6 Å². The van der Waals surface area contributed by atoms with Crippen LogP contribution in [-0.2, 0) is 13.0 Å². The average Bonchev–Trinajstić information content (AvgIpc) is 2.98. The number of hydrogen-bond donors (Lipinski definition) is 2. The molecule has 0 amide bonds. The lowest BCUT2D eigenvalue weighted by Gasteiger charge is -2.17. The van der Waals surface area contributed by atoms with E-state index in [2.05, 4.69) is 58.1 Å². The minimum Gasteiger partial charge on any atom is -0.355 e. The molecule has 6 nitrogen and oxygen atoms in total. The van der Waals surface area contributed by atoms with E-state index in [1.54, 1.807) is 6.33 Å². The molecular formula is C16H32N6. The molecule has 0 saturated heterocycles. The second kappa shape index (κ2) is 11.0. The number of aliphatic imine (C=N–C) groups is 1. The van der Waals surface area contributed by atoms with Gasteiger partial charge in [0.2, 0.25) is 0 Å². The molecular weight excluding hydrogens is 276 g/mol. The normalized spacial score (nSPS) is 13.2. The van der Waals surface area contributed by atoms with E-state index in [4.69, 9.17) is 0 Å². The van der Waals surface area contributed by atoms with E-state index >= 15 is 0 Å². The topological polar surface area (TPSA) is 67.1 Å². The monoisotopic (exact) mass is 308 g/mol. The number of guanidine groups is 1. The van der Waals surface area contributed by atoms with Crippen LogP contribution >= 0.6 is 0 Å². The number of aromatic nitrogens is 3. The first kappa shape index (κ1) is 18.5. The summed E-state index contributed by atoms with van der Waals surface area (Å²) in [6, 6.07) is 0.429. The SMILES string of the molecule is CCCCCN=C(NCCn1cnnc1CC)NC(C)CC. The molecule has 1 unspecified atom stereocenters. The Morgan fingerprint density at radius 2 is 2.14 bits per heavy atom. The van der Waals surface area contributed by atoms with Crippen molar-refractivity contribution >= 4 is 5.96 Å². The van der Waals surface area contributed by atoms with Crippen molar-refractivity contribution in [2.24, 2.45) is 4.99 Å². The summed E-state index contributed by atoms with van der Waals surface area (Å²) in [5, 5.41) is 14.9. The average molecular weight is 308 g/mol. The molecule has 2 N–H and O–H groups in total. The Hall–Kier alpha value is -1.59. The van der Waals surface area contributed by atoms with Gasteiger partial charge in [0.1, 0.15) is 12.2 Å². The quantitative estimate of drug-likeness (QED) is 0.395. The molecule has 22 heavy (non-hydrogen) atoms. The van der Waals surface area contributed by atoms with Crippen LogP contribution in [-0.4, -0.2) is 39.9 Å². The number of unbranched alkanes of at least 4 members (excludes halogenated alkanes) is 2. The number of rotatable bonds is 10. The summed E-state index contributed by atoms with van der Waals surface area (Å²) in [6.45, 7) is 11.2. The highest BCUT2D eigenvalue weighted by molar-refractivity contribution is 5.80. The van der Waals surface area contributed by atoms with Gasteiger partial charge in [-0.25, -0.2) is 0 Å². The van der Waals surface area contributed by atoms with E-state index in [9.17, 15) is 0 Å². The summed E-state index contributed by atoms with van der Waals surface area (Å²) < 4.78 is 2.09. The number of aryl methyl sites for hydroxylation is 1. The van der Waals surface area contributed by atoms with Crippen molar-refractivity contribution in [3.63, 3.8) is 0 Å². The van der Waals surface area contributed by atoms with Gasteiger partial charge in [-0.3, -0.25) is 4.99 Å². The fourth-order valence-electron chi connectivity index (χ4n) is 2.07. The summed E-state index contributed by atoms with van der Waals surface area (Å²) in [5.41, 5.74) is 0.